The lowest BCUT2D eigenvalue weighted by atomic mass is 10.2. The van der Waals surface area contributed by atoms with Crippen molar-refractivity contribution in [3.63, 3.8) is 0 Å². The summed E-state index contributed by atoms with van der Waals surface area (Å²) in [6.45, 7) is 1.62. The largest absolute Gasteiger partial charge is 0.302 e. The Bertz CT molecular complexity index is 457. The van der Waals surface area contributed by atoms with E-state index in [2.05, 4.69) is 16.8 Å². The molecule has 0 unspecified atom stereocenters. The number of pyridine rings is 1. The Balaban J connectivity index is 2.98. The molecule has 0 amide bonds. The Kier molecular flexibility index (Phi) is 3.52. The van der Waals surface area contributed by atoms with Crippen molar-refractivity contribution in [2.24, 2.45) is 0 Å². The minimum Gasteiger partial charge on any atom is -0.302 e. The van der Waals surface area contributed by atoms with Gasteiger partial charge in [-0.3, -0.25) is 10.1 Å². The summed E-state index contributed by atoms with van der Waals surface area (Å²) in [5, 5.41) is 10.5. The number of aromatic nitrogens is 1. The number of aldehydes is 1. The first-order chi connectivity index (χ1) is 7.15. The van der Waals surface area contributed by atoms with E-state index in [9.17, 15) is 14.9 Å². The summed E-state index contributed by atoms with van der Waals surface area (Å²) >= 11 is 0. The fourth-order valence-corrected chi connectivity index (χ4v) is 0.992. The fraction of sp³-hybridized carbons (Fsp3) is 0.200. The number of hydrogen-bond donors (Lipinski definition) is 0. The molecule has 5 heteroatoms. The van der Waals surface area contributed by atoms with E-state index >= 15 is 0 Å². The molecule has 15 heavy (non-hydrogen) atoms. The molecule has 0 aliphatic carbocycles. The van der Waals surface area contributed by atoms with E-state index in [-0.39, 0.29) is 12.1 Å². The second-order valence-electron chi connectivity index (χ2n) is 2.79. The van der Waals surface area contributed by atoms with Gasteiger partial charge in [-0.25, -0.2) is 4.98 Å². The number of carbonyl (C=O) groups is 1. The average Bonchev–Trinajstić information content (AvgIpc) is 2.17. The minimum absolute atomic E-state index is 0.0315. The van der Waals surface area contributed by atoms with Crippen molar-refractivity contribution in [2.75, 3.05) is 0 Å². The molecule has 76 valence electrons. The van der Waals surface area contributed by atoms with Crippen molar-refractivity contribution in [3.8, 4) is 11.8 Å². The van der Waals surface area contributed by atoms with Gasteiger partial charge in [0.1, 0.15) is 18.2 Å². The Labute approximate surface area is 86.3 Å². The topological polar surface area (TPSA) is 73.1 Å². The van der Waals surface area contributed by atoms with E-state index in [0.29, 0.717) is 17.5 Å². The highest BCUT2D eigenvalue weighted by Gasteiger charge is 2.10. The zero-order valence-corrected chi connectivity index (χ0v) is 8.06. The normalized spacial score (nSPS) is 8.87. The number of nitrogens with zero attached hydrogens (tertiary/aromatic N) is 2. The Morgan fingerprint density at radius 1 is 1.67 bits per heavy atom. The molecule has 0 saturated heterocycles. The van der Waals surface area contributed by atoms with E-state index in [1.54, 1.807) is 6.92 Å². The predicted octanol–water partition coefficient (Wildman–Crippen LogP) is 1.24. The standard InChI is InChI=1S/C10H8N2O3/c1-8-6-9(4-2-3-5-13)11-7-10(8)12(14)15/h5-7H,3H2,1H3. The van der Waals surface area contributed by atoms with Gasteiger partial charge in [-0.2, -0.15) is 0 Å². The van der Waals surface area contributed by atoms with Gasteiger partial charge in [-0.15, -0.1) is 0 Å². The molecule has 0 fully saturated rings. The molecule has 0 aliphatic heterocycles. The van der Waals surface area contributed by atoms with Crippen molar-refractivity contribution in [1.29, 1.82) is 0 Å². The first-order valence-corrected chi connectivity index (χ1v) is 4.18. The molecule has 0 spiro atoms. The summed E-state index contributed by atoms with van der Waals surface area (Å²) in [6, 6.07) is 1.52. The molecule has 1 aromatic rings. The molecule has 0 aromatic carbocycles. The number of rotatable bonds is 2. The van der Waals surface area contributed by atoms with Crippen molar-refractivity contribution in [1.82, 2.24) is 4.98 Å². The molecule has 0 aliphatic rings. The first kappa shape index (κ1) is 10.9. The third-order valence-corrected chi connectivity index (χ3v) is 1.68. The van der Waals surface area contributed by atoms with E-state index in [1.165, 1.54) is 12.3 Å². The molecule has 1 rings (SSSR count). The van der Waals surface area contributed by atoms with Crippen LogP contribution in [0, 0.1) is 28.9 Å². The molecule has 0 radical (unpaired) electrons. The molecule has 0 N–H and O–H groups in total. The zero-order chi connectivity index (χ0) is 11.3. The predicted molar refractivity (Wildman–Crippen MR) is 53.2 cm³/mol. The van der Waals surface area contributed by atoms with Gasteiger partial charge >= 0.3 is 0 Å². The molecule has 1 aromatic heterocycles. The van der Waals surface area contributed by atoms with E-state index in [0.717, 1.165) is 0 Å². The van der Waals surface area contributed by atoms with Gasteiger partial charge in [0.05, 0.1) is 11.3 Å². The highest BCUT2D eigenvalue weighted by atomic mass is 16.6. The van der Waals surface area contributed by atoms with Gasteiger partial charge in [0.15, 0.2) is 0 Å². The Morgan fingerprint density at radius 3 is 2.93 bits per heavy atom. The summed E-state index contributed by atoms with van der Waals surface area (Å²) in [7, 11) is 0. The fourth-order valence-electron chi connectivity index (χ4n) is 0.992. The summed E-state index contributed by atoms with van der Waals surface area (Å²) in [4.78, 5) is 23.8. The van der Waals surface area contributed by atoms with Gasteiger partial charge in [-0.1, -0.05) is 5.92 Å². The summed E-state index contributed by atoms with van der Waals surface area (Å²) in [6.07, 6.45) is 1.99. The number of aryl methyl sites for hydroxylation is 1. The summed E-state index contributed by atoms with van der Waals surface area (Å²) in [5.41, 5.74) is 0.904. The van der Waals surface area contributed by atoms with Gasteiger partial charge in [-0.05, 0) is 18.9 Å². The molecule has 0 saturated carbocycles. The highest BCUT2D eigenvalue weighted by Crippen LogP contribution is 2.15. The van der Waals surface area contributed by atoms with Crippen LogP contribution in [-0.4, -0.2) is 16.2 Å². The maximum atomic E-state index is 10.5. The van der Waals surface area contributed by atoms with Crippen LogP contribution in [0.1, 0.15) is 17.7 Å². The highest BCUT2D eigenvalue weighted by molar-refractivity contribution is 5.54. The van der Waals surface area contributed by atoms with Crippen LogP contribution in [0.2, 0.25) is 0 Å². The van der Waals surface area contributed by atoms with Gasteiger partial charge in [0, 0.05) is 5.56 Å². The quantitative estimate of drug-likeness (QED) is 0.314. The number of nitro groups is 1. The smallest absolute Gasteiger partial charge is 0.290 e. The van der Waals surface area contributed by atoms with Crippen LogP contribution < -0.4 is 0 Å². The van der Waals surface area contributed by atoms with E-state index in [1.807, 2.05) is 0 Å². The maximum absolute atomic E-state index is 10.5. The second kappa shape index (κ2) is 4.86. The molecule has 0 atom stereocenters. The monoisotopic (exact) mass is 204 g/mol. The molecular formula is C10H8N2O3. The lowest BCUT2D eigenvalue weighted by Gasteiger charge is -1.95. The third kappa shape index (κ3) is 2.88. The average molecular weight is 204 g/mol. The molecule has 1 heterocycles. The summed E-state index contributed by atoms with van der Waals surface area (Å²) in [5.74, 6) is 5.21. The van der Waals surface area contributed by atoms with Crippen LogP contribution >= 0.6 is 0 Å². The second-order valence-corrected chi connectivity index (χ2v) is 2.79. The van der Waals surface area contributed by atoms with Gasteiger partial charge in [0.25, 0.3) is 5.69 Å². The van der Waals surface area contributed by atoms with Crippen LogP contribution in [0.25, 0.3) is 0 Å². The van der Waals surface area contributed by atoms with Crippen molar-refractivity contribution in [3.05, 3.63) is 33.6 Å². The number of hydrogen-bond acceptors (Lipinski definition) is 4. The molecule has 5 nitrogen and oxygen atoms in total. The zero-order valence-electron chi connectivity index (χ0n) is 8.06. The van der Waals surface area contributed by atoms with Crippen molar-refractivity contribution >= 4 is 12.0 Å². The Morgan fingerprint density at radius 2 is 2.40 bits per heavy atom. The van der Waals surface area contributed by atoms with Crippen molar-refractivity contribution in [2.45, 2.75) is 13.3 Å². The lowest BCUT2D eigenvalue weighted by molar-refractivity contribution is -0.385. The Hall–Kier alpha value is -2.22. The van der Waals surface area contributed by atoms with E-state index < -0.39 is 4.92 Å². The van der Waals surface area contributed by atoms with Crippen LogP contribution in [0.4, 0.5) is 5.69 Å². The van der Waals surface area contributed by atoms with Gasteiger partial charge in [0.2, 0.25) is 0 Å². The number of carbonyl (C=O) groups excluding carboxylic acids is 1. The third-order valence-electron chi connectivity index (χ3n) is 1.68. The van der Waals surface area contributed by atoms with Gasteiger partial charge < -0.3 is 4.79 Å². The molecular weight excluding hydrogens is 196 g/mol. The maximum Gasteiger partial charge on any atom is 0.290 e. The molecule has 0 bridgehead atoms. The lowest BCUT2D eigenvalue weighted by Crippen LogP contribution is -1.94. The van der Waals surface area contributed by atoms with E-state index in [4.69, 9.17) is 0 Å². The van der Waals surface area contributed by atoms with Crippen LogP contribution in [0.15, 0.2) is 12.3 Å². The minimum atomic E-state index is -0.495. The van der Waals surface area contributed by atoms with Crippen LogP contribution in [0.3, 0.4) is 0 Å². The van der Waals surface area contributed by atoms with Crippen LogP contribution in [-0.2, 0) is 4.79 Å². The van der Waals surface area contributed by atoms with Crippen LogP contribution in [0.5, 0.6) is 0 Å². The first-order valence-electron chi connectivity index (χ1n) is 4.18. The SMILES string of the molecule is Cc1cc(C#CCC=O)ncc1[N+](=O)[O-]. The summed E-state index contributed by atoms with van der Waals surface area (Å²) < 4.78 is 0. The van der Waals surface area contributed by atoms with Crippen molar-refractivity contribution < 1.29 is 9.72 Å².